The zero-order valence-electron chi connectivity index (χ0n) is 13.8. The van der Waals surface area contributed by atoms with Crippen molar-refractivity contribution in [1.82, 2.24) is 5.32 Å². The molecule has 0 aromatic heterocycles. The maximum atomic E-state index is 12.0. The van der Waals surface area contributed by atoms with E-state index >= 15 is 0 Å². The zero-order chi connectivity index (χ0) is 18.2. The van der Waals surface area contributed by atoms with Crippen LogP contribution < -0.4 is 21.1 Å². The van der Waals surface area contributed by atoms with E-state index in [0.29, 0.717) is 24.3 Å². The number of carbonyl (C=O) groups excluding carboxylic acids is 2. The molecule has 3 amide bonds. The van der Waals surface area contributed by atoms with Crippen molar-refractivity contribution in [3.63, 3.8) is 0 Å². The summed E-state index contributed by atoms with van der Waals surface area (Å²) in [5.41, 5.74) is 4.46. The van der Waals surface area contributed by atoms with E-state index in [-0.39, 0.29) is 13.2 Å². The third-order valence-corrected chi connectivity index (χ3v) is 3.87. The summed E-state index contributed by atoms with van der Waals surface area (Å²) in [4.78, 5) is 34.1. The Bertz CT molecular complexity index is 599. The molecule has 0 spiro atoms. The van der Waals surface area contributed by atoms with Gasteiger partial charge in [-0.3, -0.25) is 9.59 Å². The average molecular weight is 337 g/mol. The van der Waals surface area contributed by atoms with E-state index in [1.54, 1.807) is 32.0 Å². The summed E-state index contributed by atoms with van der Waals surface area (Å²) in [6, 6.07) is 5.92. The maximum Gasteiger partial charge on any atom is 0.319 e. The molecule has 0 heterocycles. The summed E-state index contributed by atoms with van der Waals surface area (Å²) in [5.74, 6) is -1.15. The molecule has 0 saturated heterocycles. The van der Waals surface area contributed by atoms with Crippen molar-refractivity contribution in [3.05, 3.63) is 24.3 Å². The first-order chi connectivity index (χ1) is 11.3. The van der Waals surface area contributed by atoms with Crippen LogP contribution in [0.3, 0.4) is 0 Å². The highest BCUT2D eigenvalue weighted by atomic mass is 16.5. The molecule has 0 bridgehead atoms. The Hall–Kier alpha value is -2.77. The molecular weight excluding hydrogens is 314 g/mol. The summed E-state index contributed by atoms with van der Waals surface area (Å²) < 4.78 is 5.15. The topological polar surface area (TPSA) is 131 Å². The third kappa shape index (κ3) is 5.45. The van der Waals surface area contributed by atoms with Crippen LogP contribution in [0.1, 0.15) is 26.7 Å². The van der Waals surface area contributed by atoms with Crippen LogP contribution in [-0.2, 0) is 9.59 Å². The lowest BCUT2D eigenvalue weighted by atomic mass is 9.82. The minimum atomic E-state index is -0.982. The molecule has 0 unspecified atom stereocenters. The molecule has 1 aromatic rings. The summed E-state index contributed by atoms with van der Waals surface area (Å²) in [6.07, 6.45) is 0.825. The van der Waals surface area contributed by atoms with Crippen molar-refractivity contribution in [2.45, 2.75) is 26.7 Å². The first-order valence-corrected chi connectivity index (χ1v) is 7.62. The van der Waals surface area contributed by atoms with Crippen molar-refractivity contribution in [2.75, 3.05) is 18.5 Å². The lowest BCUT2D eigenvalue weighted by Crippen LogP contribution is -2.43. The number of amides is 3. The van der Waals surface area contributed by atoms with Gasteiger partial charge in [0.2, 0.25) is 0 Å². The van der Waals surface area contributed by atoms with E-state index in [0.717, 1.165) is 0 Å². The van der Waals surface area contributed by atoms with Gasteiger partial charge >= 0.3 is 12.0 Å². The second-order valence-corrected chi connectivity index (χ2v) is 5.38. The normalized spacial score (nSPS) is 10.8. The van der Waals surface area contributed by atoms with Crippen LogP contribution in [0, 0.1) is 5.41 Å². The van der Waals surface area contributed by atoms with Crippen LogP contribution >= 0.6 is 0 Å². The molecule has 24 heavy (non-hydrogen) atoms. The Labute approximate surface area is 140 Å². The molecule has 5 N–H and O–H groups in total. The number of hydrogen-bond donors (Lipinski definition) is 4. The number of urea groups is 1. The number of carboxylic acids is 1. The first-order valence-electron chi connectivity index (χ1n) is 7.62. The second-order valence-electron chi connectivity index (χ2n) is 5.38. The number of carboxylic acid groups (broad SMARTS) is 1. The van der Waals surface area contributed by atoms with Gasteiger partial charge in [0.15, 0.2) is 6.61 Å². The molecule has 0 fully saturated rings. The fourth-order valence-electron chi connectivity index (χ4n) is 2.12. The quantitative estimate of drug-likeness (QED) is 0.543. The van der Waals surface area contributed by atoms with Gasteiger partial charge in [0.05, 0.1) is 5.41 Å². The van der Waals surface area contributed by atoms with E-state index in [4.69, 9.17) is 10.5 Å². The Kier molecular flexibility index (Phi) is 7.03. The maximum absolute atomic E-state index is 12.0. The molecule has 0 aliphatic rings. The average Bonchev–Trinajstić information content (AvgIpc) is 2.54. The number of nitrogens with two attached hydrogens (primary N) is 1. The number of ether oxygens (including phenoxy) is 1. The number of benzene rings is 1. The van der Waals surface area contributed by atoms with E-state index in [1.807, 2.05) is 0 Å². The monoisotopic (exact) mass is 337 g/mol. The summed E-state index contributed by atoms with van der Waals surface area (Å²) in [5, 5.41) is 14.5. The van der Waals surface area contributed by atoms with Crippen molar-refractivity contribution < 1.29 is 24.2 Å². The molecule has 0 atom stereocenters. The summed E-state index contributed by atoms with van der Waals surface area (Å²) >= 11 is 0. The smallest absolute Gasteiger partial charge is 0.319 e. The molecule has 8 heteroatoms. The standard InChI is InChI=1S/C16H23N3O5/c1-3-16(4-2,14(21)22)10-18-15(23)19-11-6-5-7-12(8-11)24-9-13(17)20/h5-8H,3-4,9-10H2,1-2H3,(H2,17,20)(H,21,22)(H2,18,19,23). The predicted molar refractivity (Wildman–Crippen MR) is 88.8 cm³/mol. The van der Waals surface area contributed by atoms with Crippen LogP contribution in [0.25, 0.3) is 0 Å². The highest BCUT2D eigenvalue weighted by Gasteiger charge is 2.35. The van der Waals surface area contributed by atoms with Crippen LogP contribution in [0.2, 0.25) is 0 Å². The van der Waals surface area contributed by atoms with Crippen LogP contribution in [0.4, 0.5) is 10.5 Å². The van der Waals surface area contributed by atoms with Crippen LogP contribution in [-0.4, -0.2) is 36.2 Å². The Morgan fingerprint density at radius 3 is 2.46 bits per heavy atom. The van der Waals surface area contributed by atoms with Gasteiger partial charge in [0.25, 0.3) is 5.91 Å². The van der Waals surface area contributed by atoms with E-state index in [1.165, 1.54) is 6.07 Å². The fourth-order valence-corrected chi connectivity index (χ4v) is 2.12. The van der Waals surface area contributed by atoms with Crippen LogP contribution in [0.5, 0.6) is 5.75 Å². The molecule has 0 aliphatic heterocycles. The number of rotatable bonds is 9. The van der Waals surface area contributed by atoms with Gasteiger partial charge in [0, 0.05) is 18.3 Å². The van der Waals surface area contributed by atoms with Gasteiger partial charge in [-0.25, -0.2) is 4.79 Å². The molecule has 0 saturated carbocycles. The van der Waals surface area contributed by atoms with Crippen molar-refractivity contribution in [3.8, 4) is 5.75 Å². The lowest BCUT2D eigenvalue weighted by molar-refractivity contribution is -0.149. The molecular formula is C16H23N3O5. The number of aliphatic carboxylic acids is 1. The number of nitrogens with one attached hydrogen (secondary N) is 2. The molecule has 0 radical (unpaired) electrons. The summed E-state index contributed by atoms with van der Waals surface area (Å²) in [6.45, 7) is 3.32. The Morgan fingerprint density at radius 2 is 1.92 bits per heavy atom. The van der Waals surface area contributed by atoms with Gasteiger partial charge in [-0.1, -0.05) is 19.9 Å². The van der Waals surface area contributed by atoms with Crippen molar-refractivity contribution in [2.24, 2.45) is 11.1 Å². The highest BCUT2D eigenvalue weighted by Crippen LogP contribution is 2.25. The Morgan fingerprint density at radius 1 is 1.25 bits per heavy atom. The number of hydrogen-bond acceptors (Lipinski definition) is 4. The fraction of sp³-hybridized carbons (Fsp3) is 0.438. The molecule has 8 nitrogen and oxygen atoms in total. The number of anilines is 1. The van der Waals surface area contributed by atoms with Gasteiger partial charge in [-0.15, -0.1) is 0 Å². The van der Waals surface area contributed by atoms with Gasteiger partial charge < -0.3 is 26.2 Å². The SMILES string of the molecule is CCC(CC)(CNC(=O)Nc1cccc(OCC(N)=O)c1)C(=O)O. The van der Waals surface area contributed by atoms with E-state index in [2.05, 4.69) is 10.6 Å². The molecule has 1 aromatic carbocycles. The number of primary amides is 1. The summed E-state index contributed by atoms with van der Waals surface area (Å²) in [7, 11) is 0. The second kappa shape index (κ2) is 8.76. The lowest BCUT2D eigenvalue weighted by Gasteiger charge is -2.26. The van der Waals surface area contributed by atoms with Gasteiger partial charge in [-0.2, -0.15) is 0 Å². The van der Waals surface area contributed by atoms with Crippen LogP contribution in [0.15, 0.2) is 24.3 Å². The van der Waals surface area contributed by atoms with Gasteiger partial charge in [0.1, 0.15) is 5.75 Å². The first kappa shape index (κ1) is 19.3. The minimum Gasteiger partial charge on any atom is -0.484 e. The van der Waals surface area contributed by atoms with Crippen molar-refractivity contribution in [1.29, 1.82) is 0 Å². The predicted octanol–water partition coefficient (Wildman–Crippen LogP) is 1.56. The number of carbonyl (C=O) groups is 3. The zero-order valence-corrected chi connectivity index (χ0v) is 13.8. The van der Waals surface area contributed by atoms with E-state index < -0.39 is 23.3 Å². The molecule has 132 valence electrons. The largest absolute Gasteiger partial charge is 0.484 e. The van der Waals surface area contributed by atoms with Crippen molar-refractivity contribution >= 4 is 23.6 Å². The Balaban J connectivity index is 2.63. The minimum absolute atomic E-state index is 0.0268. The van der Waals surface area contributed by atoms with E-state index in [9.17, 15) is 19.5 Å². The van der Waals surface area contributed by atoms with Gasteiger partial charge in [-0.05, 0) is 25.0 Å². The third-order valence-electron chi connectivity index (χ3n) is 3.87. The molecule has 1 rings (SSSR count). The highest BCUT2D eigenvalue weighted by molar-refractivity contribution is 5.90. The molecule has 0 aliphatic carbocycles.